The summed E-state index contributed by atoms with van der Waals surface area (Å²) in [6.45, 7) is 0.413. The second-order valence-corrected chi connectivity index (χ2v) is 8.25. The minimum atomic E-state index is -0.264. The van der Waals surface area contributed by atoms with Gasteiger partial charge in [-0.1, -0.05) is 31.0 Å². The third-order valence-corrected chi connectivity index (χ3v) is 6.07. The molecule has 0 radical (unpaired) electrons. The van der Waals surface area contributed by atoms with Crippen LogP contribution in [0.25, 0.3) is 0 Å². The topological polar surface area (TPSA) is 99.5 Å². The average Bonchev–Trinajstić information content (AvgIpc) is 3.06. The molecule has 1 N–H and O–H groups in total. The second-order valence-electron chi connectivity index (χ2n) is 8.25. The lowest BCUT2D eigenvalue weighted by atomic mass is 9.81. The van der Waals surface area contributed by atoms with Gasteiger partial charge in [-0.3, -0.25) is 19.3 Å². The average molecular weight is 431 g/mol. The maximum Gasteiger partial charge on any atom is 0.233 e. The molecule has 4 rings (SSSR count). The van der Waals surface area contributed by atoms with Gasteiger partial charge in [0.25, 0.3) is 0 Å². The molecule has 0 bridgehead atoms. The van der Waals surface area contributed by atoms with E-state index in [-0.39, 0.29) is 42.5 Å². The number of rotatable bonds is 7. The fourth-order valence-electron chi connectivity index (χ4n) is 4.45. The van der Waals surface area contributed by atoms with Crippen LogP contribution in [0.5, 0.6) is 5.75 Å². The molecular weight excluding hydrogens is 406 g/mol. The van der Waals surface area contributed by atoms with Crippen LogP contribution in [0.2, 0.25) is 0 Å². The highest BCUT2D eigenvalue weighted by Crippen LogP contribution is 2.38. The Morgan fingerprint density at radius 2 is 1.78 bits per heavy atom. The molecule has 1 heterocycles. The van der Waals surface area contributed by atoms with Crippen molar-refractivity contribution in [2.75, 3.05) is 11.9 Å². The minimum absolute atomic E-state index is 0.0585. The highest BCUT2D eigenvalue weighted by Gasteiger charge is 2.47. The Kier molecular flexibility index (Phi) is 6.50. The second kappa shape index (κ2) is 9.65. The first-order valence-corrected chi connectivity index (χ1v) is 10.9. The molecule has 32 heavy (non-hydrogen) atoms. The van der Waals surface area contributed by atoms with E-state index in [2.05, 4.69) is 11.4 Å². The van der Waals surface area contributed by atoms with Gasteiger partial charge in [-0.15, -0.1) is 0 Å². The van der Waals surface area contributed by atoms with Gasteiger partial charge < -0.3 is 10.1 Å². The molecule has 164 valence electrons. The molecule has 1 saturated carbocycles. The number of hydrogen-bond donors (Lipinski definition) is 1. The number of imide groups is 1. The molecule has 2 aromatic rings. The number of fused-ring (bicyclic) bond motifs is 1. The van der Waals surface area contributed by atoms with Crippen LogP contribution in [0.3, 0.4) is 0 Å². The molecule has 2 fully saturated rings. The van der Waals surface area contributed by atoms with E-state index in [1.807, 2.05) is 6.07 Å². The molecular formula is C25H25N3O4. The number of hydrogen-bond acceptors (Lipinski definition) is 5. The molecule has 2 unspecified atom stereocenters. The fourth-order valence-corrected chi connectivity index (χ4v) is 4.45. The number of likely N-dealkylation sites (tertiary alicyclic amines) is 1. The fraction of sp³-hybridized carbons (Fsp3) is 0.360. The van der Waals surface area contributed by atoms with Crippen LogP contribution in [0.15, 0.2) is 48.5 Å². The lowest BCUT2D eigenvalue weighted by Crippen LogP contribution is -2.34. The SMILES string of the molecule is N#Cc1cccc(COc2cccc(NC(=O)CCN3C(=O)C4CCCCC4C3=O)c2)c1. The van der Waals surface area contributed by atoms with E-state index >= 15 is 0 Å². The molecule has 0 spiro atoms. The van der Waals surface area contributed by atoms with Gasteiger partial charge in [-0.2, -0.15) is 5.26 Å². The Morgan fingerprint density at radius 1 is 1.06 bits per heavy atom. The van der Waals surface area contributed by atoms with Gasteiger partial charge in [-0.05, 0) is 42.7 Å². The van der Waals surface area contributed by atoms with Crippen LogP contribution in [0.4, 0.5) is 5.69 Å². The largest absolute Gasteiger partial charge is 0.489 e. The summed E-state index contributed by atoms with van der Waals surface area (Å²) in [5.41, 5.74) is 2.02. The van der Waals surface area contributed by atoms with Crippen molar-refractivity contribution >= 4 is 23.4 Å². The van der Waals surface area contributed by atoms with Gasteiger partial charge in [0.1, 0.15) is 12.4 Å². The molecule has 2 aromatic carbocycles. The first-order valence-electron chi connectivity index (χ1n) is 10.9. The molecule has 3 amide bonds. The molecule has 7 nitrogen and oxygen atoms in total. The van der Waals surface area contributed by atoms with Crippen molar-refractivity contribution in [1.82, 2.24) is 4.90 Å². The lowest BCUT2D eigenvalue weighted by Gasteiger charge is -2.19. The maximum atomic E-state index is 12.5. The van der Waals surface area contributed by atoms with E-state index in [0.717, 1.165) is 31.2 Å². The summed E-state index contributed by atoms with van der Waals surface area (Å²) < 4.78 is 5.78. The Labute approximate surface area is 187 Å². The third-order valence-electron chi connectivity index (χ3n) is 6.07. The van der Waals surface area contributed by atoms with Crippen molar-refractivity contribution in [1.29, 1.82) is 5.26 Å². The highest BCUT2D eigenvalue weighted by molar-refractivity contribution is 6.05. The van der Waals surface area contributed by atoms with E-state index in [1.165, 1.54) is 4.90 Å². The number of ether oxygens (including phenoxy) is 1. The van der Waals surface area contributed by atoms with Gasteiger partial charge in [0.05, 0.1) is 23.5 Å². The summed E-state index contributed by atoms with van der Waals surface area (Å²) in [5, 5.41) is 11.8. The number of amides is 3. The molecule has 1 saturated heterocycles. The molecule has 2 aliphatic rings. The summed E-state index contributed by atoms with van der Waals surface area (Å²) in [4.78, 5) is 38.8. The smallest absolute Gasteiger partial charge is 0.233 e. The van der Waals surface area contributed by atoms with Gasteiger partial charge in [0.15, 0.2) is 0 Å². The van der Waals surface area contributed by atoms with Gasteiger partial charge in [0, 0.05) is 24.7 Å². The predicted molar refractivity (Wildman–Crippen MR) is 117 cm³/mol. The number of carbonyl (C=O) groups is 3. The number of nitrogens with one attached hydrogen (secondary N) is 1. The third kappa shape index (κ3) is 4.80. The summed E-state index contributed by atoms with van der Waals surface area (Å²) in [7, 11) is 0. The van der Waals surface area contributed by atoms with Crippen LogP contribution in [0, 0.1) is 23.2 Å². The number of nitriles is 1. The summed E-state index contributed by atoms with van der Waals surface area (Å²) in [5.74, 6) is -0.311. The Hall–Kier alpha value is -3.66. The predicted octanol–water partition coefficient (Wildman–Crippen LogP) is 3.64. The first kappa shape index (κ1) is 21.6. The van der Waals surface area contributed by atoms with Crippen LogP contribution < -0.4 is 10.1 Å². The van der Waals surface area contributed by atoms with Crippen molar-refractivity contribution in [2.45, 2.75) is 38.7 Å². The van der Waals surface area contributed by atoms with E-state index < -0.39 is 0 Å². The quantitative estimate of drug-likeness (QED) is 0.675. The molecule has 7 heteroatoms. The molecule has 2 atom stereocenters. The van der Waals surface area contributed by atoms with Crippen molar-refractivity contribution in [3.8, 4) is 11.8 Å². The molecule has 1 aliphatic heterocycles. The normalized spacial score (nSPS) is 19.9. The van der Waals surface area contributed by atoms with E-state index in [1.54, 1.807) is 42.5 Å². The maximum absolute atomic E-state index is 12.5. The summed E-state index contributed by atoms with van der Waals surface area (Å²) in [6.07, 6.45) is 3.56. The zero-order valence-corrected chi connectivity index (χ0v) is 17.8. The number of benzene rings is 2. The first-order chi connectivity index (χ1) is 15.5. The van der Waals surface area contributed by atoms with Crippen molar-refractivity contribution in [3.05, 3.63) is 59.7 Å². The van der Waals surface area contributed by atoms with Crippen LogP contribution >= 0.6 is 0 Å². The number of anilines is 1. The Balaban J connectivity index is 1.29. The Morgan fingerprint density at radius 3 is 2.50 bits per heavy atom. The van der Waals surface area contributed by atoms with Gasteiger partial charge in [0.2, 0.25) is 17.7 Å². The van der Waals surface area contributed by atoms with Gasteiger partial charge in [-0.25, -0.2) is 0 Å². The van der Waals surface area contributed by atoms with Crippen molar-refractivity contribution < 1.29 is 19.1 Å². The van der Waals surface area contributed by atoms with Crippen LogP contribution in [-0.2, 0) is 21.0 Å². The van der Waals surface area contributed by atoms with E-state index in [0.29, 0.717) is 23.6 Å². The standard InChI is InChI=1S/C25H25N3O4/c26-15-17-5-3-6-18(13-17)16-32-20-8-4-7-19(14-20)27-23(29)11-12-28-24(30)21-9-1-2-10-22(21)25(28)31/h3-8,13-14,21-22H,1-2,9-12,16H2,(H,27,29). The van der Waals surface area contributed by atoms with Crippen LogP contribution in [0.1, 0.15) is 43.2 Å². The summed E-state index contributed by atoms with van der Waals surface area (Å²) in [6, 6.07) is 16.3. The monoisotopic (exact) mass is 431 g/mol. The Bertz CT molecular complexity index is 1050. The molecule has 0 aromatic heterocycles. The zero-order valence-electron chi connectivity index (χ0n) is 17.8. The van der Waals surface area contributed by atoms with Crippen molar-refractivity contribution in [2.24, 2.45) is 11.8 Å². The van der Waals surface area contributed by atoms with Crippen LogP contribution in [-0.4, -0.2) is 29.2 Å². The highest BCUT2D eigenvalue weighted by atomic mass is 16.5. The van der Waals surface area contributed by atoms with E-state index in [4.69, 9.17) is 10.00 Å². The van der Waals surface area contributed by atoms with E-state index in [9.17, 15) is 14.4 Å². The van der Waals surface area contributed by atoms with Gasteiger partial charge >= 0.3 is 0 Å². The molecule has 1 aliphatic carbocycles. The number of nitrogens with zero attached hydrogens (tertiary/aromatic N) is 2. The minimum Gasteiger partial charge on any atom is -0.489 e. The summed E-state index contributed by atoms with van der Waals surface area (Å²) >= 11 is 0. The number of carbonyl (C=O) groups excluding carboxylic acids is 3. The lowest BCUT2D eigenvalue weighted by molar-refractivity contribution is -0.140. The van der Waals surface area contributed by atoms with Crippen molar-refractivity contribution in [3.63, 3.8) is 0 Å². The zero-order chi connectivity index (χ0) is 22.5.